The number of anilines is 2. The van der Waals surface area contributed by atoms with E-state index in [1.54, 1.807) is 50.6 Å². The first kappa shape index (κ1) is 16.4. The maximum absolute atomic E-state index is 12.8. The molecular formula is C16H18N4O3S. The van der Waals surface area contributed by atoms with Crippen LogP contribution in [-0.2, 0) is 6.54 Å². The first-order chi connectivity index (χ1) is 11.6. The molecule has 0 fully saturated rings. The van der Waals surface area contributed by atoms with Gasteiger partial charge in [-0.25, -0.2) is 14.8 Å². The predicted octanol–water partition coefficient (Wildman–Crippen LogP) is 2.79. The average Bonchev–Trinajstić information content (AvgIpc) is 2.63. The molecule has 0 radical (unpaired) electrons. The summed E-state index contributed by atoms with van der Waals surface area (Å²) in [4.78, 5) is 24.7. The van der Waals surface area contributed by atoms with E-state index in [1.165, 1.54) is 16.7 Å². The van der Waals surface area contributed by atoms with E-state index in [4.69, 9.17) is 9.47 Å². The highest BCUT2D eigenvalue weighted by Gasteiger charge is 2.31. The molecule has 0 saturated heterocycles. The Labute approximate surface area is 144 Å². The summed E-state index contributed by atoms with van der Waals surface area (Å²) in [5.74, 6) is 1.89. The van der Waals surface area contributed by atoms with Crippen molar-refractivity contribution in [3.8, 4) is 11.5 Å². The van der Waals surface area contributed by atoms with Crippen LogP contribution in [0.4, 0.5) is 16.3 Å². The van der Waals surface area contributed by atoms with Crippen molar-refractivity contribution in [2.45, 2.75) is 11.7 Å². The number of fused-ring (bicyclic) bond motifs is 1. The summed E-state index contributed by atoms with van der Waals surface area (Å²) in [6, 6.07) is 5.21. The molecule has 7 nitrogen and oxygen atoms in total. The second kappa shape index (κ2) is 6.56. The van der Waals surface area contributed by atoms with Gasteiger partial charge in [-0.1, -0.05) is 11.8 Å². The smallest absolute Gasteiger partial charge is 0.330 e. The molecule has 0 saturated carbocycles. The first-order valence-corrected chi connectivity index (χ1v) is 8.48. The van der Waals surface area contributed by atoms with Crippen molar-refractivity contribution in [2.24, 2.45) is 0 Å². The summed E-state index contributed by atoms with van der Waals surface area (Å²) >= 11 is 1.45. The van der Waals surface area contributed by atoms with Gasteiger partial charge in [0.2, 0.25) is 0 Å². The van der Waals surface area contributed by atoms with Gasteiger partial charge in [0.15, 0.2) is 5.16 Å². The summed E-state index contributed by atoms with van der Waals surface area (Å²) in [7, 11) is 4.87. The zero-order chi connectivity index (χ0) is 17.3. The van der Waals surface area contributed by atoms with Gasteiger partial charge >= 0.3 is 6.03 Å². The van der Waals surface area contributed by atoms with Gasteiger partial charge in [0.05, 0.1) is 26.5 Å². The van der Waals surface area contributed by atoms with Crippen LogP contribution in [0.2, 0.25) is 0 Å². The molecule has 3 rings (SSSR count). The van der Waals surface area contributed by atoms with Gasteiger partial charge in [-0.3, -0.25) is 9.80 Å². The minimum absolute atomic E-state index is 0.163. The zero-order valence-corrected chi connectivity index (χ0v) is 14.8. The Bertz CT molecular complexity index is 762. The number of nitrogens with zero attached hydrogens (tertiary/aromatic N) is 4. The maximum atomic E-state index is 12.8. The van der Waals surface area contributed by atoms with Crippen LogP contribution < -0.4 is 19.3 Å². The van der Waals surface area contributed by atoms with Crippen LogP contribution in [0, 0.1) is 0 Å². The summed E-state index contributed by atoms with van der Waals surface area (Å²) in [5, 5.41) is 0.643. The fourth-order valence-corrected chi connectivity index (χ4v) is 2.88. The van der Waals surface area contributed by atoms with Crippen LogP contribution in [-0.4, -0.2) is 43.5 Å². The minimum atomic E-state index is -0.163. The highest BCUT2D eigenvalue weighted by atomic mass is 32.2. The average molecular weight is 346 g/mol. The predicted molar refractivity (Wildman–Crippen MR) is 93.3 cm³/mol. The topological polar surface area (TPSA) is 67.8 Å². The van der Waals surface area contributed by atoms with Gasteiger partial charge < -0.3 is 9.47 Å². The molecule has 0 bridgehead atoms. The molecule has 2 heterocycles. The Morgan fingerprint density at radius 1 is 1.17 bits per heavy atom. The Kier molecular flexibility index (Phi) is 4.48. The van der Waals surface area contributed by atoms with E-state index < -0.39 is 0 Å². The molecule has 8 heteroatoms. The number of hydrogen-bond donors (Lipinski definition) is 0. The summed E-state index contributed by atoms with van der Waals surface area (Å²) in [6.45, 7) is 0.392. The molecule has 0 spiro atoms. The first-order valence-electron chi connectivity index (χ1n) is 7.25. The van der Waals surface area contributed by atoms with Gasteiger partial charge in [0, 0.05) is 37.0 Å². The second-order valence-electron chi connectivity index (χ2n) is 5.20. The number of carbonyl (C=O) groups is 1. The van der Waals surface area contributed by atoms with E-state index in [-0.39, 0.29) is 6.03 Å². The Hall–Kier alpha value is -2.48. The van der Waals surface area contributed by atoms with Gasteiger partial charge in [0.1, 0.15) is 17.3 Å². The fourth-order valence-electron chi connectivity index (χ4n) is 2.54. The van der Waals surface area contributed by atoms with Gasteiger partial charge in [-0.15, -0.1) is 0 Å². The van der Waals surface area contributed by atoms with Crippen LogP contribution in [0.3, 0.4) is 0 Å². The van der Waals surface area contributed by atoms with Crippen molar-refractivity contribution in [3.63, 3.8) is 0 Å². The number of benzene rings is 1. The van der Waals surface area contributed by atoms with E-state index in [0.29, 0.717) is 34.7 Å². The number of aromatic nitrogens is 2. The van der Waals surface area contributed by atoms with Crippen molar-refractivity contribution in [1.82, 2.24) is 9.97 Å². The normalized spacial score (nSPS) is 13.8. The molecule has 24 heavy (non-hydrogen) atoms. The quantitative estimate of drug-likeness (QED) is 0.626. The largest absolute Gasteiger partial charge is 0.497 e. The molecule has 126 valence electrons. The van der Waals surface area contributed by atoms with Crippen LogP contribution in [0.15, 0.2) is 29.6 Å². The molecule has 0 atom stereocenters. The number of methoxy groups -OCH3 is 2. The summed E-state index contributed by atoms with van der Waals surface area (Å²) < 4.78 is 10.6. The Balaban J connectivity index is 2.02. The van der Waals surface area contributed by atoms with Crippen molar-refractivity contribution in [2.75, 3.05) is 37.3 Å². The molecular weight excluding hydrogens is 328 g/mol. The molecule has 0 aliphatic carbocycles. The summed E-state index contributed by atoms with van der Waals surface area (Å²) in [5.41, 5.74) is 1.58. The monoisotopic (exact) mass is 346 g/mol. The highest BCUT2D eigenvalue weighted by molar-refractivity contribution is 7.98. The molecule has 2 aromatic rings. The minimum Gasteiger partial charge on any atom is -0.497 e. The van der Waals surface area contributed by atoms with E-state index in [2.05, 4.69) is 9.97 Å². The third-order valence-corrected chi connectivity index (χ3v) is 4.38. The van der Waals surface area contributed by atoms with Crippen LogP contribution in [0.25, 0.3) is 0 Å². The molecule has 0 N–H and O–H groups in total. The van der Waals surface area contributed by atoms with E-state index in [1.807, 2.05) is 6.26 Å². The zero-order valence-electron chi connectivity index (χ0n) is 13.9. The van der Waals surface area contributed by atoms with Crippen molar-refractivity contribution in [3.05, 3.63) is 30.0 Å². The number of urea groups is 1. The number of hydrogen-bond acceptors (Lipinski definition) is 6. The van der Waals surface area contributed by atoms with Gasteiger partial charge in [-0.05, 0) is 6.26 Å². The third kappa shape index (κ3) is 2.84. The van der Waals surface area contributed by atoms with Crippen LogP contribution in [0.1, 0.15) is 5.56 Å². The number of amides is 2. The lowest BCUT2D eigenvalue weighted by Gasteiger charge is -2.34. The maximum Gasteiger partial charge on any atom is 0.330 e. The van der Waals surface area contributed by atoms with E-state index in [0.717, 1.165) is 5.56 Å². The number of carbonyl (C=O) groups excluding carboxylic acids is 1. The highest BCUT2D eigenvalue weighted by Crippen LogP contribution is 2.34. The standard InChI is InChI=1S/C16H18N4O3S/c1-19-14-10(8-17-15(18-14)24-4)9-20(16(19)21)11-5-12(22-2)7-13(6-11)23-3/h5-8H,9H2,1-4H3. The van der Waals surface area contributed by atoms with Crippen molar-refractivity contribution < 1.29 is 14.3 Å². The van der Waals surface area contributed by atoms with Gasteiger partial charge in [-0.2, -0.15) is 0 Å². The SMILES string of the molecule is COc1cc(OC)cc(N2Cc3cnc(SC)nc3N(C)C2=O)c1. The van der Waals surface area contributed by atoms with E-state index >= 15 is 0 Å². The molecule has 1 aromatic heterocycles. The molecule has 1 aromatic carbocycles. The lowest BCUT2D eigenvalue weighted by molar-refractivity contribution is 0.251. The summed E-state index contributed by atoms with van der Waals surface area (Å²) in [6.07, 6.45) is 3.67. The fraction of sp³-hybridized carbons (Fsp3) is 0.312. The molecule has 1 aliphatic rings. The number of rotatable bonds is 4. The Morgan fingerprint density at radius 2 is 1.83 bits per heavy atom. The van der Waals surface area contributed by atoms with Crippen LogP contribution in [0.5, 0.6) is 11.5 Å². The second-order valence-corrected chi connectivity index (χ2v) is 5.98. The number of thioether (sulfide) groups is 1. The lowest BCUT2D eigenvalue weighted by atomic mass is 10.2. The lowest BCUT2D eigenvalue weighted by Crippen LogP contribution is -2.46. The van der Waals surface area contributed by atoms with E-state index in [9.17, 15) is 4.79 Å². The molecule has 0 unspecified atom stereocenters. The molecule has 1 aliphatic heterocycles. The molecule has 2 amide bonds. The van der Waals surface area contributed by atoms with Crippen molar-refractivity contribution >= 4 is 29.3 Å². The van der Waals surface area contributed by atoms with Gasteiger partial charge in [0.25, 0.3) is 0 Å². The number of ether oxygens (including phenoxy) is 2. The van der Waals surface area contributed by atoms with Crippen molar-refractivity contribution in [1.29, 1.82) is 0 Å². The third-order valence-electron chi connectivity index (χ3n) is 3.81. The van der Waals surface area contributed by atoms with Crippen LogP contribution >= 0.6 is 11.8 Å². The Morgan fingerprint density at radius 3 is 2.42 bits per heavy atom.